The minimum atomic E-state index is -1.20. The number of primary amides is 1. The Hall–Kier alpha value is -2.63. The van der Waals surface area contributed by atoms with Gasteiger partial charge in [0.05, 0.1) is 0 Å². The number of hydrogen-bond acceptors (Lipinski definition) is 2. The van der Waals surface area contributed by atoms with Crippen molar-refractivity contribution >= 4 is 29.1 Å². The maximum Gasteiger partial charge on any atom is 0.254 e. The number of rotatable bonds is 5. The highest BCUT2D eigenvalue weighted by Crippen LogP contribution is 2.31. The molecule has 0 fully saturated rings. The molecule has 0 bridgehead atoms. The van der Waals surface area contributed by atoms with Gasteiger partial charge in [0.15, 0.2) is 11.6 Å². The van der Waals surface area contributed by atoms with E-state index in [2.05, 4.69) is 0 Å². The molecule has 1 amide bonds. The molecular formula is C20H13Cl2F2NO2. The van der Waals surface area contributed by atoms with Crippen LogP contribution in [0.5, 0.6) is 5.75 Å². The third-order valence-electron chi connectivity index (χ3n) is 3.87. The topological polar surface area (TPSA) is 52.3 Å². The molecule has 0 aliphatic carbocycles. The predicted molar refractivity (Wildman–Crippen MR) is 101 cm³/mol. The molecule has 0 unspecified atom stereocenters. The minimum Gasteiger partial charge on any atom is -0.486 e. The fourth-order valence-corrected chi connectivity index (χ4v) is 3.10. The summed E-state index contributed by atoms with van der Waals surface area (Å²) in [5.74, 6) is -3.62. The molecule has 0 atom stereocenters. The van der Waals surface area contributed by atoms with E-state index in [1.54, 1.807) is 30.3 Å². The van der Waals surface area contributed by atoms with Crippen molar-refractivity contribution in [2.75, 3.05) is 0 Å². The fourth-order valence-electron chi connectivity index (χ4n) is 2.58. The van der Waals surface area contributed by atoms with Crippen LogP contribution in [0.2, 0.25) is 10.0 Å². The molecule has 0 heterocycles. The first-order valence-electron chi connectivity index (χ1n) is 7.82. The van der Waals surface area contributed by atoms with Crippen molar-refractivity contribution in [3.05, 3.63) is 87.4 Å². The zero-order chi connectivity index (χ0) is 19.6. The van der Waals surface area contributed by atoms with E-state index in [9.17, 15) is 13.6 Å². The molecule has 7 heteroatoms. The van der Waals surface area contributed by atoms with Crippen molar-refractivity contribution < 1.29 is 18.3 Å². The summed E-state index contributed by atoms with van der Waals surface area (Å²) >= 11 is 12.1. The van der Waals surface area contributed by atoms with Gasteiger partial charge < -0.3 is 10.5 Å². The molecule has 0 saturated heterocycles. The second-order valence-electron chi connectivity index (χ2n) is 5.71. The predicted octanol–water partition coefficient (Wildman–Crippen LogP) is 5.62. The lowest BCUT2D eigenvalue weighted by atomic mass is 10.0. The second-order valence-corrected chi connectivity index (χ2v) is 6.56. The van der Waals surface area contributed by atoms with E-state index in [0.717, 1.165) is 28.8 Å². The number of hydrogen-bond donors (Lipinski definition) is 1. The standard InChI is InChI=1S/C20H13Cl2F2NO2/c21-13-4-5-14(15(22)9-13)12-3-1-2-11(8-12)10-27-17-7-6-16(23)18(19(17)24)20(25)26/h1-9H,10H2,(H2,25,26). The first-order valence-corrected chi connectivity index (χ1v) is 8.57. The molecule has 0 spiro atoms. The Bertz CT molecular complexity index is 1020. The normalized spacial score (nSPS) is 10.7. The van der Waals surface area contributed by atoms with E-state index in [1.807, 2.05) is 12.1 Å². The van der Waals surface area contributed by atoms with Crippen LogP contribution in [0.1, 0.15) is 15.9 Å². The zero-order valence-corrected chi connectivity index (χ0v) is 15.3. The van der Waals surface area contributed by atoms with E-state index < -0.39 is 23.1 Å². The highest BCUT2D eigenvalue weighted by Gasteiger charge is 2.19. The average molecular weight is 408 g/mol. The molecule has 0 aromatic heterocycles. The smallest absolute Gasteiger partial charge is 0.254 e. The van der Waals surface area contributed by atoms with Gasteiger partial charge in [-0.1, -0.05) is 47.5 Å². The van der Waals surface area contributed by atoms with Gasteiger partial charge in [-0.3, -0.25) is 4.79 Å². The van der Waals surface area contributed by atoms with Gasteiger partial charge in [0.2, 0.25) is 0 Å². The molecule has 3 aromatic rings. The van der Waals surface area contributed by atoms with Crippen LogP contribution in [0.25, 0.3) is 11.1 Å². The van der Waals surface area contributed by atoms with Gasteiger partial charge in [0.1, 0.15) is 18.0 Å². The Kier molecular flexibility index (Phi) is 5.63. The molecular weight excluding hydrogens is 395 g/mol. The Balaban J connectivity index is 1.84. The van der Waals surface area contributed by atoms with Crippen molar-refractivity contribution in [2.24, 2.45) is 5.73 Å². The summed E-state index contributed by atoms with van der Waals surface area (Å²) < 4.78 is 33.2. The van der Waals surface area contributed by atoms with Crippen molar-refractivity contribution in [3.63, 3.8) is 0 Å². The lowest BCUT2D eigenvalue weighted by Gasteiger charge is -2.11. The van der Waals surface area contributed by atoms with Gasteiger partial charge in [-0.2, -0.15) is 0 Å². The summed E-state index contributed by atoms with van der Waals surface area (Å²) in [5.41, 5.74) is 6.52. The highest BCUT2D eigenvalue weighted by molar-refractivity contribution is 6.36. The number of benzene rings is 3. The van der Waals surface area contributed by atoms with Crippen molar-refractivity contribution in [1.29, 1.82) is 0 Å². The van der Waals surface area contributed by atoms with Gasteiger partial charge in [0.25, 0.3) is 5.91 Å². The van der Waals surface area contributed by atoms with Crippen LogP contribution in [0, 0.1) is 11.6 Å². The number of nitrogens with two attached hydrogens (primary N) is 1. The second kappa shape index (κ2) is 7.94. The number of amides is 1. The van der Waals surface area contributed by atoms with Gasteiger partial charge >= 0.3 is 0 Å². The van der Waals surface area contributed by atoms with Crippen LogP contribution in [-0.2, 0) is 6.61 Å². The molecule has 0 radical (unpaired) electrons. The van der Waals surface area contributed by atoms with Crippen LogP contribution in [0.3, 0.4) is 0 Å². The Morgan fingerprint density at radius 1 is 1.04 bits per heavy atom. The number of ether oxygens (including phenoxy) is 1. The van der Waals surface area contributed by atoms with Gasteiger partial charge in [-0.25, -0.2) is 8.78 Å². The van der Waals surface area contributed by atoms with Gasteiger partial charge in [-0.15, -0.1) is 0 Å². The number of halogens is 4. The van der Waals surface area contributed by atoms with Crippen molar-refractivity contribution in [3.8, 4) is 16.9 Å². The molecule has 0 aliphatic rings. The summed E-state index contributed by atoms with van der Waals surface area (Å²) in [6.45, 7) is -0.000195. The maximum absolute atomic E-state index is 14.2. The molecule has 3 nitrogen and oxygen atoms in total. The Morgan fingerprint density at radius 2 is 1.81 bits per heavy atom. The lowest BCUT2D eigenvalue weighted by Crippen LogP contribution is -2.16. The molecule has 0 saturated carbocycles. The number of carbonyl (C=O) groups excluding carboxylic acids is 1. The SMILES string of the molecule is NC(=O)c1c(F)ccc(OCc2cccc(-c3ccc(Cl)cc3Cl)c2)c1F. The van der Waals surface area contributed by atoms with E-state index in [4.69, 9.17) is 33.7 Å². The first kappa shape index (κ1) is 19.1. The van der Waals surface area contributed by atoms with E-state index in [-0.39, 0.29) is 12.4 Å². The Labute approximate surface area is 164 Å². The third kappa shape index (κ3) is 4.21. The largest absolute Gasteiger partial charge is 0.486 e. The quantitative estimate of drug-likeness (QED) is 0.596. The van der Waals surface area contributed by atoms with Gasteiger partial charge in [-0.05, 0) is 41.5 Å². The third-order valence-corrected chi connectivity index (χ3v) is 4.41. The molecule has 2 N–H and O–H groups in total. The van der Waals surface area contributed by atoms with Crippen LogP contribution in [0.4, 0.5) is 8.78 Å². The summed E-state index contributed by atoms with van der Waals surface area (Å²) in [5, 5.41) is 1.02. The van der Waals surface area contributed by atoms with Gasteiger partial charge in [0, 0.05) is 15.6 Å². The summed E-state index contributed by atoms with van der Waals surface area (Å²) in [4.78, 5) is 11.2. The van der Waals surface area contributed by atoms with Crippen molar-refractivity contribution in [1.82, 2.24) is 0 Å². The molecule has 138 valence electrons. The van der Waals surface area contributed by atoms with Crippen LogP contribution >= 0.6 is 23.2 Å². The van der Waals surface area contributed by atoms with E-state index in [0.29, 0.717) is 10.0 Å². The summed E-state index contributed by atoms with van der Waals surface area (Å²) in [7, 11) is 0. The molecule has 3 aromatic carbocycles. The number of carbonyl (C=O) groups is 1. The van der Waals surface area contributed by atoms with Crippen LogP contribution in [-0.4, -0.2) is 5.91 Å². The molecule has 27 heavy (non-hydrogen) atoms. The fraction of sp³-hybridized carbons (Fsp3) is 0.0500. The lowest BCUT2D eigenvalue weighted by molar-refractivity contribution is 0.0991. The van der Waals surface area contributed by atoms with Crippen LogP contribution in [0.15, 0.2) is 54.6 Å². The Morgan fingerprint density at radius 3 is 2.52 bits per heavy atom. The summed E-state index contributed by atoms with van der Waals surface area (Å²) in [6, 6.07) is 14.5. The van der Waals surface area contributed by atoms with Crippen molar-refractivity contribution in [2.45, 2.75) is 6.61 Å². The summed E-state index contributed by atoms with van der Waals surface area (Å²) in [6.07, 6.45) is 0. The highest BCUT2D eigenvalue weighted by atomic mass is 35.5. The molecule has 3 rings (SSSR count). The monoisotopic (exact) mass is 407 g/mol. The molecule has 0 aliphatic heterocycles. The van der Waals surface area contributed by atoms with Crippen LogP contribution < -0.4 is 10.5 Å². The minimum absolute atomic E-state index is 0.000195. The van der Waals surface area contributed by atoms with E-state index in [1.165, 1.54) is 0 Å². The zero-order valence-electron chi connectivity index (χ0n) is 13.8. The maximum atomic E-state index is 14.2. The van der Waals surface area contributed by atoms with E-state index >= 15 is 0 Å². The average Bonchev–Trinajstić information content (AvgIpc) is 2.61. The first-order chi connectivity index (χ1) is 12.9.